The minimum Gasteiger partial charge on any atom is -0.366 e. The Kier molecular flexibility index (Phi) is 8.30. The molecular formula is C10H21N2O4P. The summed E-state index contributed by atoms with van der Waals surface area (Å²) in [4.78, 5) is 2.98. The molecule has 0 saturated carbocycles. The number of rotatable bonds is 9. The third-order valence-electron chi connectivity index (χ3n) is 2.34. The Morgan fingerprint density at radius 3 is 2.35 bits per heavy atom. The molecule has 0 fully saturated rings. The second-order valence-electron chi connectivity index (χ2n) is 3.54. The molecule has 17 heavy (non-hydrogen) atoms. The molecule has 0 bridgehead atoms. The van der Waals surface area contributed by atoms with Gasteiger partial charge in [-0.05, 0) is 13.3 Å². The SMILES string of the molecule is CCCCCOC(C)C(=[N+]=[N-])P(=O)(OC)OC. The van der Waals surface area contributed by atoms with Gasteiger partial charge in [0.15, 0.2) is 6.10 Å². The maximum Gasteiger partial charge on any atom is 0.440 e. The van der Waals surface area contributed by atoms with Crippen LogP contribution < -0.4 is 0 Å². The van der Waals surface area contributed by atoms with Crippen LogP contribution in [0.15, 0.2) is 0 Å². The molecule has 0 rings (SSSR count). The zero-order chi connectivity index (χ0) is 13.3. The van der Waals surface area contributed by atoms with Crippen molar-refractivity contribution in [3.63, 3.8) is 0 Å². The Balaban J connectivity index is 4.47. The van der Waals surface area contributed by atoms with Gasteiger partial charge in [0.25, 0.3) is 0 Å². The lowest BCUT2D eigenvalue weighted by atomic mass is 10.3. The molecule has 0 aromatic rings. The smallest absolute Gasteiger partial charge is 0.366 e. The summed E-state index contributed by atoms with van der Waals surface area (Å²) in [6.07, 6.45) is 2.45. The summed E-state index contributed by atoms with van der Waals surface area (Å²) in [6.45, 7) is 4.25. The van der Waals surface area contributed by atoms with Crippen molar-refractivity contribution in [1.29, 1.82) is 0 Å². The van der Waals surface area contributed by atoms with Gasteiger partial charge in [-0.3, -0.25) is 0 Å². The minimum atomic E-state index is -3.53. The van der Waals surface area contributed by atoms with Gasteiger partial charge in [0.1, 0.15) is 0 Å². The zero-order valence-electron chi connectivity index (χ0n) is 10.9. The van der Waals surface area contributed by atoms with Gasteiger partial charge in [0, 0.05) is 20.8 Å². The number of unbranched alkanes of at least 4 members (excludes halogenated alkanes) is 2. The summed E-state index contributed by atoms with van der Waals surface area (Å²) in [5.74, 6) is 0. The minimum absolute atomic E-state index is 0.112. The van der Waals surface area contributed by atoms with Crippen LogP contribution in [0.4, 0.5) is 0 Å². The van der Waals surface area contributed by atoms with Crippen molar-refractivity contribution in [2.24, 2.45) is 0 Å². The van der Waals surface area contributed by atoms with Gasteiger partial charge < -0.3 is 19.3 Å². The lowest BCUT2D eigenvalue weighted by molar-refractivity contribution is -0.0256. The third kappa shape index (κ3) is 5.11. The largest absolute Gasteiger partial charge is 0.440 e. The number of ether oxygens (including phenoxy) is 1. The lowest BCUT2D eigenvalue weighted by Crippen LogP contribution is -2.23. The van der Waals surface area contributed by atoms with Crippen LogP contribution in [-0.4, -0.2) is 37.2 Å². The monoisotopic (exact) mass is 264 g/mol. The van der Waals surface area contributed by atoms with Crippen LogP contribution >= 0.6 is 7.60 Å². The van der Waals surface area contributed by atoms with Gasteiger partial charge in [-0.2, -0.15) is 4.79 Å². The third-order valence-corrected chi connectivity index (χ3v) is 4.32. The van der Waals surface area contributed by atoms with Gasteiger partial charge in [0.05, 0.1) is 0 Å². The molecule has 1 unspecified atom stereocenters. The molecule has 0 N–H and O–H groups in total. The lowest BCUT2D eigenvalue weighted by Gasteiger charge is -2.14. The highest BCUT2D eigenvalue weighted by Crippen LogP contribution is 2.48. The fraction of sp³-hybridized carbons (Fsp3) is 0.900. The molecule has 6 nitrogen and oxygen atoms in total. The highest BCUT2D eigenvalue weighted by atomic mass is 31.2. The molecule has 7 heteroatoms. The number of hydrogen-bond acceptors (Lipinski definition) is 4. The molecule has 0 spiro atoms. The molecule has 0 radical (unpaired) electrons. The Morgan fingerprint density at radius 2 is 1.94 bits per heavy atom. The Bertz CT molecular complexity index is 307. The summed E-state index contributed by atoms with van der Waals surface area (Å²) >= 11 is 0. The molecule has 0 aliphatic rings. The van der Waals surface area contributed by atoms with Crippen LogP contribution in [0.25, 0.3) is 5.53 Å². The molecular weight excluding hydrogens is 243 g/mol. The van der Waals surface area contributed by atoms with Gasteiger partial charge >= 0.3 is 13.0 Å². The van der Waals surface area contributed by atoms with Gasteiger partial charge in [-0.15, -0.1) is 0 Å². The van der Waals surface area contributed by atoms with Crippen LogP contribution in [0, 0.1) is 0 Å². The van der Waals surface area contributed by atoms with E-state index in [1.807, 2.05) is 0 Å². The van der Waals surface area contributed by atoms with Crippen LogP contribution in [0.1, 0.15) is 33.1 Å². The molecule has 0 saturated heterocycles. The first-order valence-corrected chi connectivity index (χ1v) is 7.15. The van der Waals surface area contributed by atoms with Crippen LogP contribution in [0.3, 0.4) is 0 Å². The van der Waals surface area contributed by atoms with E-state index in [1.165, 1.54) is 14.2 Å². The van der Waals surface area contributed by atoms with Crippen molar-refractivity contribution >= 4 is 13.0 Å². The zero-order valence-corrected chi connectivity index (χ0v) is 11.8. The molecule has 0 amide bonds. The van der Waals surface area contributed by atoms with Crippen molar-refractivity contribution in [2.75, 3.05) is 20.8 Å². The van der Waals surface area contributed by atoms with E-state index >= 15 is 0 Å². The topological polar surface area (TPSA) is 81.2 Å². The van der Waals surface area contributed by atoms with Gasteiger partial charge in [-0.1, -0.05) is 19.8 Å². The highest BCUT2D eigenvalue weighted by Gasteiger charge is 2.42. The van der Waals surface area contributed by atoms with E-state index in [0.29, 0.717) is 6.61 Å². The van der Waals surface area contributed by atoms with Crippen LogP contribution in [0.2, 0.25) is 0 Å². The Labute approximate surface area is 102 Å². The number of nitrogens with zero attached hydrogens (tertiary/aromatic N) is 2. The summed E-state index contributed by atoms with van der Waals surface area (Å²) in [5.41, 5.74) is 8.76. The molecule has 0 aliphatic carbocycles. The Hall–Kier alpha value is -0.510. The highest BCUT2D eigenvalue weighted by molar-refractivity contribution is 7.72. The average Bonchev–Trinajstić information content (AvgIpc) is 2.35. The maximum atomic E-state index is 12.0. The van der Waals surface area contributed by atoms with Crippen LogP contribution in [0.5, 0.6) is 0 Å². The van der Waals surface area contributed by atoms with Crippen molar-refractivity contribution in [3.05, 3.63) is 5.53 Å². The van der Waals surface area contributed by atoms with E-state index in [2.05, 4.69) is 11.7 Å². The fourth-order valence-corrected chi connectivity index (χ4v) is 2.46. The van der Waals surface area contributed by atoms with E-state index in [-0.39, 0.29) is 5.45 Å². The van der Waals surface area contributed by atoms with E-state index in [1.54, 1.807) is 6.92 Å². The summed E-state index contributed by atoms with van der Waals surface area (Å²) in [7, 11) is -1.06. The number of hydrogen-bond donors (Lipinski definition) is 0. The Morgan fingerprint density at radius 1 is 1.35 bits per heavy atom. The van der Waals surface area contributed by atoms with Crippen molar-refractivity contribution < 1.29 is 23.1 Å². The van der Waals surface area contributed by atoms with Crippen molar-refractivity contribution in [3.8, 4) is 0 Å². The maximum absolute atomic E-state index is 12.0. The predicted molar refractivity (Wildman–Crippen MR) is 65.2 cm³/mol. The second-order valence-corrected chi connectivity index (χ2v) is 5.72. The molecule has 0 heterocycles. The summed E-state index contributed by atoms with van der Waals surface area (Å²) in [6, 6.07) is 0. The first-order valence-electron chi connectivity index (χ1n) is 5.61. The quantitative estimate of drug-likeness (QED) is 0.211. The van der Waals surface area contributed by atoms with Gasteiger partial charge in [-0.25, -0.2) is 4.57 Å². The van der Waals surface area contributed by atoms with E-state index in [4.69, 9.17) is 19.3 Å². The fourth-order valence-electron chi connectivity index (χ4n) is 1.31. The molecule has 0 aliphatic heterocycles. The van der Waals surface area contributed by atoms with E-state index in [0.717, 1.165) is 19.3 Å². The van der Waals surface area contributed by atoms with Crippen molar-refractivity contribution in [2.45, 2.75) is 39.2 Å². The van der Waals surface area contributed by atoms with E-state index in [9.17, 15) is 4.57 Å². The standard InChI is InChI=1S/C10H21N2O4P/c1-5-6-7-8-16-9(2)10(12-11)17(13,14-3)15-4/h9H,5-8H2,1-4H3. The molecule has 100 valence electrons. The molecule has 0 aromatic carbocycles. The van der Waals surface area contributed by atoms with Crippen LogP contribution in [-0.2, 0) is 18.3 Å². The average molecular weight is 264 g/mol. The summed E-state index contributed by atoms with van der Waals surface area (Å²) in [5, 5.41) is 0. The first kappa shape index (κ1) is 16.5. The van der Waals surface area contributed by atoms with E-state index < -0.39 is 13.7 Å². The molecule has 0 aromatic heterocycles. The first-order chi connectivity index (χ1) is 8.05. The van der Waals surface area contributed by atoms with Crippen molar-refractivity contribution in [1.82, 2.24) is 0 Å². The summed E-state index contributed by atoms with van der Waals surface area (Å²) < 4.78 is 26.9. The van der Waals surface area contributed by atoms with Gasteiger partial charge in [0.2, 0.25) is 0 Å². The molecule has 1 atom stereocenters. The normalized spacial score (nSPS) is 13.2. The second kappa shape index (κ2) is 8.56. The predicted octanol–water partition coefficient (Wildman–Crippen LogP) is 2.70.